The number of ketones is 1. The summed E-state index contributed by atoms with van der Waals surface area (Å²) in [6.45, 7) is 3.59. The molecule has 1 atom stereocenters. The number of rotatable bonds is 3. The van der Waals surface area contributed by atoms with E-state index >= 15 is 0 Å². The predicted molar refractivity (Wildman–Crippen MR) is 88.5 cm³/mol. The van der Waals surface area contributed by atoms with Gasteiger partial charge in [0.25, 0.3) is 0 Å². The van der Waals surface area contributed by atoms with Crippen molar-refractivity contribution in [2.24, 2.45) is 11.8 Å². The molecule has 3 saturated heterocycles. The van der Waals surface area contributed by atoms with Gasteiger partial charge >= 0.3 is 0 Å². The molecule has 2 bridgehead atoms. The molecule has 5 rings (SSSR count). The quantitative estimate of drug-likeness (QED) is 0.809. The summed E-state index contributed by atoms with van der Waals surface area (Å²) in [6, 6.07) is 5.94. The molecule has 21 heavy (non-hydrogen) atoms. The molecule has 3 aliphatic rings. The van der Waals surface area contributed by atoms with Crippen LogP contribution in [0.15, 0.2) is 23.7 Å². The summed E-state index contributed by atoms with van der Waals surface area (Å²) in [4.78, 5) is 19.3. The first-order chi connectivity index (χ1) is 9.79. The highest BCUT2D eigenvalue weighted by molar-refractivity contribution is 7.16. The Morgan fingerprint density at radius 1 is 1.33 bits per heavy atom. The minimum absolute atomic E-state index is 0. The van der Waals surface area contributed by atoms with Gasteiger partial charge in [-0.05, 0) is 56.0 Å². The van der Waals surface area contributed by atoms with Crippen molar-refractivity contribution in [3.05, 3.63) is 29.3 Å². The minimum Gasteiger partial charge on any atom is -0.303 e. The number of carbonyl (C=O) groups is 1. The van der Waals surface area contributed by atoms with E-state index in [4.69, 9.17) is 0 Å². The summed E-state index contributed by atoms with van der Waals surface area (Å²) < 4.78 is 1.16. The fourth-order valence-corrected chi connectivity index (χ4v) is 4.36. The molecule has 3 fully saturated rings. The third kappa shape index (κ3) is 2.85. The first-order valence-electron chi connectivity index (χ1n) is 7.38. The Morgan fingerprint density at radius 2 is 2.14 bits per heavy atom. The molecule has 5 heteroatoms. The summed E-state index contributed by atoms with van der Waals surface area (Å²) in [5, 5.41) is 0. The second-order valence-corrected chi connectivity index (χ2v) is 6.95. The maximum absolute atomic E-state index is 12.5. The van der Waals surface area contributed by atoms with Gasteiger partial charge in [0, 0.05) is 18.5 Å². The van der Waals surface area contributed by atoms with Crippen molar-refractivity contribution in [3.8, 4) is 0 Å². The van der Waals surface area contributed by atoms with Crippen molar-refractivity contribution in [2.45, 2.75) is 19.3 Å². The van der Waals surface area contributed by atoms with Gasteiger partial charge in [0.1, 0.15) is 0 Å². The van der Waals surface area contributed by atoms with Crippen molar-refractivity contribution < 1.29 is 4.79 Å². The van der Waals surface area contributed by atoms with Gasteiger partial charge in [-0.25, -0.2) is 4.98 Å². The number of piperidine rings is 3. The Bertz CT molecular complexity index is 649. The Hall–Kier alpha value is -0.970. The molecule has 0 aliphatic carbocycles. The molecular formula is C16H19ClN2OS. The van der Waals surface area contributed by atoms with Crippen LogP contribution >= 0.6 is 23.7 Å². The third-order valence-corrected chi connectivity index (χ3v) is 5.70. The molecular weight excluding hydrogens is 304 g/mol. The van der Waals surface area contributed by atoms with E-state index in [2.05, 4.69) is 9.88 Å². The van der Waals surface area contributed by atoms with E-state index in [-0.39, 0.29) is 12.4 Å². The highest BCUT2D eigenvalue weighted by atomic mass is 35.5. The van der Waals surface area contributed by atoms with Crippen LogP contribution in [0.1, 0.15) is 29.6 Å². The lowest BCUT2D eigenvalue weighted by atomic mass is 9.76. The van der Waals surface area contributed by atoms with Crippen LogP contribution < -0.4 is 0 Å². The molecule has 2 aromatic rings. The standard InChI is InChI=1S/C16H18N2OS.ClH/c19-15(8-13-9-18-5-3-11(13)4-6-18)12-1-2-16-14(7-12)17-10-20-16;/h1-2,7,10-11,13H,3-6,8-9H2;1H/t13-;/m1./s1. The molecule has 0 N–H and O–H groups in total. The zero-order chi connectivity index (χ0) is 13.5. The molecule has 4 heterocycles. The maximum atomic E-state index is 12.5. The Labute approximate surface area is 134 Å². The normalized spacial score (nSPS) is 27.5. The van der Waals surface area contributed by atoms with Gasteiger partial charge in [-0.1, -0.05) is 0 Å². The third-order valence-electron chi connectivity index (χ3n) is 4.89. The molecule has 0 saturated carbocycles. The van der Waals surface area contributed by atoms with Crippen LogP contribution in [0.3, 0.4) is 0 Å². The van der Waals surface area contributed by atoms with Gasteiger partial charge in [0.2, 0.25) is 0 Å². The fourth-order valence-electron chi connectivity index (χ4n) is 3.71. The Kier molecular flexibility index (Phi) is 4.29. The van der Waals surface area contributed by atoms with E-state index in [0.29, 0.717) is 18.1 Å². The van der Waals surface area contributed by atoms with Crippen molar-refractivity contribution in [2.75, 3.05) is 19.6 Å². The predicted octanol–water partition coefficient (Wildman–Crippen LogP) is 3.63. The van der Waals surface area contributed by atoms with Gasteiger partial charge in [-0.2, -0.15) is 0 Å². The molecule has 3 nitrogen and oxygen atoms in total. The summed E-state index contributed by atoms with van der Waals surface area (Å²) in [6.07, 6.45) is 3.27. The van der Waals surface area contributed by atoms with Crippen LogP contribution in [0.4, 0.5) is 0 Å². The van der Waals surface area contributed by atoms with Crippen molar-refractivity contribution in [3.63, 3.8) is 0 Å². The molecule has 0 unspecified atom stereocenters. The molecule has 3 aliphatic heterocycles. The van der Waals surface area contributed by atoms with Crippen LogP contribution in [-0.4, -0.2) is 35.3 Å². The monoisotopic (exact) mass is 322 g/mol. The number of hydrogen-bond acceptors (Lipinski definition) is 4. The maximum Gasteiger partial charge on any atom is 0.163 e. The average molecular weight is 323 g/mol. The van der Waals surface area contributed by atoms with Crippen LogP contribution in [0.25, 0.3) is 10.2 Å². The topological polar surface area (TPSA) is 33.2 Å². The summed E-state index contributed by atoms with van der Waals surface area (Å²) in [7, 11) is 0. The summed E-state index contributed by atoms with van der Waals surface area (Å²) in [5.41, 5.74) is 3.63. The second-order valence-electron chi connectivity index (χ2n) is 6.06. The van der Waals surface area contributed by atoms with Gasteiger partial charge in [0.05, 0.1) is 15.7 Å². The number of hydrogen-bond donors (Lipinski definition) is 0. The number of carbonyl (C=O) groups excluding carboxylic acids is 1. The Morgan fingerprint density at radius 3 is 2.86 bits per heavy atom. The fraction of sp³-hybridized carbons (Fsp3) is 0.500. The number of fused-ring (bicyclic) bond motifs is 4. The van der Waals surface area contributed by atoms with Crippen molar-refractivity contribution in [1.82, 2.24) is 9.88 Å². The zero-order valence-corrected chi connectivity index (χ0v) is 13.5. The molecule has 0 radical (unpaired) electrons. The summed E-state index contributed by atoms with van der Waals surface area (Å²) >= 11 is 1.62. The number of thiazole rings is 1. The first kappa shape index (κ1) is 14.9. The molecule has 0 spiro atoms. The number of Topliss-reactive ketones (excluding diaryl/α,β-unsaturated/α-hetero) is 1. The first-order valence-corrected chi connectivity index (χ1v) is 8.26. The Balaban J connectivity index is 0.00000132. The number of halogens is 1. The van der Waals surface area contributed by atoms with Crippen molar-refractivity contribution >= 4 is 39.7 Å². The lowest BCUT2D eigenvalue weighted by Crippen LogP contribution is -2.47. The number of aromatic nitrogens is 1. The minimum atomic E-state index is 0. The highest BCUT2D eigenvalue weighted by Gasteiger charge is 2.35. The zero-order valence-electron chi connectivity index (χ0n) is 11.8. The van der Waals surface area contributed by atoms with E-state index in [9.17, 15) is 4.79 Å². The highest BCUT2D eigenvalue weighted by Crippen LogP contribution is 2.35. The number of nitrogens with zero attached hydrogens (tertiary/aromatic N) is 2. The summed E-state index contributed by atoms with van der Waals surface area (Å²) in [5.74, 6) is 1.63. The largest absolute Gasteiger partial charge is 0.303 e. The van der Waals surface area contributed by atoms with Gasteiger partial charge in [-0.15, -0.1) is 23.7 Å². The van der Waals surface area contributed by atoms with E-state index in [1.165, 1.54) is 25.9 Å². The van der Waals surface area contributed by atoms with Crippen LogP contribution in [0, 0.1) is 11.8 Å². The van der Waals surface area contributed by atoms with Gasteiger partial charge < -0.3 is 4.90 Å². The van der Waals surface area contributed by atoms with E-state index in [0.717, 1.165) is 28.2 Å². The van der Waals surface area contributed by atoms with E-state index < -0.39 is 0 Å². The van der Waals surface area contributed by atoms with Crippen LogP contribution in [0.2, 0.25) is 0 Å². The molecule has 112 valence electrons. The lowest BCUT2D eigenvalue weighted by Gasteiger charge is -2.44. The van der Waals surface area contributed by atoms with Crippen LogP contribution in [0.5, 0.6) is 0 Å². The van der Waals surface area contributed by atoms with E-state index in [1.54, 1.807) is 11.3 Å². The molecule has 1 aromatic carbocycles. The second kappa shape index (κ2) is 6.03. The van der Waals surface area contributed by atoms with Gasteiger partial charge in [0.15, 0.2) is 5.78 Å². The lowest BCUT2D eigenvalue weighted by molar-refractivity contribution is 0.0441. The smallest absolute Gasteiger partial charge is 0.163 e. The van der Waals surface area contributed by atoms with E-state index in [1.807, 2.05) is 23.7 Å². The molecule has 1 aromatic heterocycles. The van der Waals surface area contributed by atoms with Crippen LogP contribution in [-0.2, 0) is 0 Å². The number of benzene rings is 1. The molecule has 0 amide bonds. The van der Waals surface area contributed by atoms with Crippen molar-refractivity contribution in [1.29, 1.82) is 0 Å². The van der Waals surface area contributed by atoms with Gasteiger partial charge in [-0.3, -0.25) is 4.79 Å². The SMILES string of the molecule is Cl.O=C(C[C@@H]1CN2CCC1CC2)c1ccc2scnc2c1. The average Bonchev–Trinajstić information content (AvgIpc) is 2.96.